The van der Waals surface area contributed by atoms with E-state index < -0.39 is 23.3 Å². The standard InChI is InChI=1S/C15H29N3O4.C12H23NO2S2/c1-9(2)7-10(8-11(19)18-22)13(20)17-12(14(21)16-6)15(3,4)5;1-9(2)5-10(6-12(14)13-15)3-4-11-7-16-17-8-11/h9-10,12,22H,7-8H2,1-6H3,(H,16,21)(H,17,20)(H,18,19);9-11,15H,3-8H2,1-2H3,(H,13,14)/t10?,12-;/m1./s1. The molecule has 3 atom stereocenters. The van der Waals surface area contributed by atoms with E-state index in [4.69, 9.17) is 10.4 Å². The van der Waals surface area contributed by atoms with Gasteiger partial charge in [-0.2, -0.15) is 0 Å². The predicted octanol–water partition coefficient (Wildman–Crippen LogP) is 4.16. The number of hydroxylamine groups is 2. The van der Waals surface area contributed by atoms with E-state index >= 15 is 0 Å². The second-order valence-corrected chi connectivity index (χ2v) is 14.8. The van der Waals surface area contributed by atoms with E-state index in [-0.39, 0.29) is 30.1 Å². The highest BCUT2D eigenvalue weighted by atomic mass is 33.1. The van der Waals surface area contributed by atoms with Crippen molar-refractivity contribution in [2.45, 2.75) is 93.0 Å². The second kappa shape index (κ2) is 19.6. The fraction of sp³-hybridized carbons (Fsp3) is 0.852. The summed E-state index contributed by atoms with van der Waals surface area (Å²) in [6.45, 7) is 13.8. The molecule has 0 radical (unpaired) electrons. The first-order valence-corrected chi connectivity index (χ1v) is 16.2. The molecule has 1 fully saturated rings. The van der Waals surface area contributed by atoms with Crippen LogP contribution in [0.3, 0.4) is 0 Å². The van der Waals surface area contributed by atoms with Crippen molar-refractivity contribution in [2.24, 2.45) is 35.0 Å². The van der Waals surface area contributed by atoms with Crippen molar-refractivity contribution in [3.05, 3.63) is 0 Å². The number of hydrogen-bond donors (Lipinski definition) is 6. The topological polar surface area (TPSA) is 157 Å². The Morgan fingerprint density at radius 3 is 1.79 bits per heavy atom. The number of likely N-dealkylation sites (N-methyl/N-ethyl adjacent to an activating group) is 1. The molecule has 1 aliphatic rings. The lowest BCUT2D eigenvalue weighted by molar-refractivity contribution is -0.137. The van der Waals surface area contributed by atoms with Crippen LogP contribution >= 0.6 is 21.6 Å². The van der Waals surface area contributed by atoms with Gasteiger partial charge in [0.05, 0.1) is 0 Å². The third-order valence-electron chi connectivity index (χ3n) is 6.42. The fourth-order valence-corrected chi connectivity index (χ4v) is 7.48. The van der Waals surface area contributed by atoms with Crippen molar-refractivity contribution in [3.63, 3.8) is 0 Å². The molecule has 2 unspecified atom stereocenters. The van der Waals surface area contributed by atoms with Gasteiger partial charge in [-0.05, 0) is 54.8 Å². The van der Waals surface area contributed by atoms with Crippen LogP contribution in [0, 0.1) is 35.0 Å². The molecule has 0 aromatic carbocycles. The average molecular weight is 593 g/mol. The molecule has 0 aliphatic carbocycles. The molecular weight excluding hydrogens is 540 g/mol. The Morgan fingerprint density at radius 2 is 1.36 bits per heavy atom. The van der Waals surface area contributed by atoms with E-state index in [9.17, 15) is 19.2 Å². The maximum atomic E-state index is 12.5. The summed E-state index contributed by atoms with van der Waals surface area (Å²) in [5.74, 6) is 2.46. The quantitative estimate of drug-likeness (QED) is 0.0998. The first-order valence-electron chi connectivity index (χ1n) is 13.8. The summed E-state index contributed by atoms with van der Waals surface area (Å²) in [7, 11) is 5.44. The van der Waals surface area contributed by atoms with Gasteiger partial charge in [0.25, 0.3) is 0 Å². The fourth-order valence-electron chi connectivity index (χ4n) is 4.45. The molecule has 0 aromatic rings. The lowest BCUT2D eigenvalue weighted by atomic mass is 9.85. The normalized spacial score (nSPS) is 16.1. The number of nitrogens with one attached hydrogen (secondary N) is 4. The van der Waals surface area contributed by atoms with E-state index in [0.717, 1.165) is 18.8 Å². The molecule has 10 nitrogen and oxygen atoms in total. The molecule has 6 N–H and O–H groups in total. The summed E-state index contributed by atoms with van der Waals surface area (Å²) in [5.41, 5.74) is 2.83. The molecule has 1 saturated heterocycles. The van der Waals surface area contributed by atoms with E-state index in [1.54, 1.807) is 11.0 Å². The zero-order valence-electron chi connectivity index (χ0n) is 25.0. The number of hydrogen-bond acceptors (Lipinski definition) is 8. The van der Waals surface area contributed by atoms with Crippen LogP contribution in [-0.2, 0) is 19.2 Å². The van der Waals surface area contributed by atoms with E-state index in [2.05, 4.69) is 24.5 Å². The van der Waals surface area contributed by atoms with Gasteiger partial charge in [0.15, 0.2) is 0 Å². The van der Waals surface area contributed by atoms with Gasteiger partial charge in [0, 0.05) is 37.3 Å². The van der Waals surface area contributed by atoms with Crippen LogP contribution in [0.2, 0.25) is 0 Å². The third kappa shape index (κ3) is 17.0. The molecule has 0 aromatic heterocycles. The Kier molecular flexibility index (Phi) is 18.8. The van der Waals surface area contributed by atoms with Crippen molar-refractivity contribution in [1.82, 2.24) is 21.6 Å². The summed E-state index contributed by atoms with van der Waals surface area (Å²) in [5, 5.41) is 22.5. The van der Waals surface area contributed by atoms with Crippen LogP contribution in [0.25, 0.3) is 0 Å². The molecule has 0 saturated carbocycles. The maximum absolute atomic E-state index is 12.5. The molecule has 1 heterocycles. The summed E-state index contributed by atoms with van der Waals surface area (Å²) in [6.07, 6.45) is 4.23. The minimum Gasteiger partial charge on any atom is -0.357 e. The van der Waals surface area contributed by atoms with Gasteiger partial charge in [-0.25, -0.2) is 11.0 Å². The van der Waals surface area contributed by atoms with Crippen LogP contribution in [0.1, 0.15) is 87.0 Å². The van der Waals surface area contributed by atoms with Gasteiger partial charge in [-0.1, -0.05) is 70.1 Å². The highest BCUT2D eigenvalue weighted by Gasteiger charge is 2.34. The number of carbonyl (C=O) groups is 4. The Balaban J connectivity index is 0.000000763. The number of carbonyl (C=O) groups excluding carboxylic acids is 4. The zero-order valence-corrected chi connectivity index (χ0v) is 26.6. The number of amides is 4. The van der Waals surface area contributed by atoms with Crippen molar-refractivity contribution < 1.29 is 29.6 Å². The molecular formula is C27H52N4O6S2. The first kappa shape index (κ1) is 37.5. The zero-order chi connectivity index (χ0) is 30.2. The molecule has 12 heteroatoms. The third-order valence-corrected chi connectivity index (χ3v) is 9.12. The maximum Gasteiger partial charge on any atom is 0.244 e. The molecule has 1 aliphatic heterocycles. The minimum atomic E-state index is -0.697. The second-order valence-electron chi connectivity index (χ2n) is 12.2. The Bertz CT molecular complexity index is 755. The van der Waals surface area contributed by atoms with Gasteiger partial charge >= 0.3 is 0 Å². The first-order chi connectivity index (χ1) is 18.1. The van der Waals surface area contributed by atoms with Crippen LogP contribution in [-0.4, -0.2) is 58.6 Å². The van der Waals surface area contributed by atoms with E-state index in [1.807, 2.05) is 56.2 Å². The summed E-state index contributed by atoms with van der Waals surface area (Å²) in [4.78, 5) is 47.0. The Morgan fingerprint density at radius 1 is 0.846 bits per heavy atom. The van der Waals surface area contributed by atoms with Crippen molar-refractivity contribution in [2.75, 3.05) is 18.6 Å². The van der Waals surface area contributed by atoms with Crippen LogP contribution in [0.5, 0.6) is 0 Å². The van der Waals surface area contributed by atoms with Gasteiger partial charge in [-0.3, -0.25) is 29.6 Å². The van der Waals surface area contributed by atoms with Crippen molar-refractivity contribution in [3.8, 4) is 0 Å². The molecule has 39 heavy (non-hydrogen) atoms. The summed E-state index contributed by atoms with van der Waals surface area (Å²) in [6, 6.07) is -0.697. The minimum absolute atomic E-state index is 0.120. The van der Waals surface area contributed by atoms with Gasteiger partial charge in [0.2, 0.25) is 23.6 Å². The van der Waals surface area contributed by atoms with Gasteiger partial charge < -0.3 is 10.6 Å². The SMILES string of the molecule is CC(C)CC(CCC1CSSC1)CC(=O)NO.CNC(=O)[C@@H](NC(=O)C(CC(=O)NO)CC(C)C)C(C)(C)C. The lowest BCUT2D eigenvalue weighted by Gasteiger charge is -2.31. The van der Waals surface area contributed by atoms with Crippen molar-refractivity contribution >= 4 is 45.2 Å². The Labute approximate surface area is 242 Å². The smallest absolute Gasteiger partial charge is 0.244 e. The lowest BCUT2D eigenvalue weighted by Crippen LogP contribution is -2.54. The summed E-state index contributed by atoms with van der Waals surface area (Å²) >= 11 is 0. The molecule has 0 spiro atoms. The van der Waals surface area contributed by atoms with E-state index in [0.29, 0.717) is 24.7 Å². The van der Waals surface area contributed by atoms with Crippen LogP contribution in [0.15, 0.2) is 0 Å². The molecule has 0 bridgehead atoms. The van der Waals surface area contributed by atoms with Crippen LogP contribution in [0.4, 0.5) is 0 Å². The average Bonchev–Trinajstić information content (AvgIpc) is 3.37. The van der Waals surface area contributed by atoms with Crippen molar-refractivity contribution in [1.29, 1.82) is 0 Å². The van der Waals surface area contributed by atoms with Crippen LogP contribution < -0.4 is 21.6 Å². The Hall–Kier alpha value is -1.50. The van der Waals surface area contributed by atoms with E-state index in [1.165, 1.54) is 25.0 Å². The monoisotopic (exact) mass is 592 g/mol. The number of rotatable bonds is 14. The molecule has 1 rings (SSSR count). The highest BCUT2D eigenvalue weighted by molar-refractivity contribution is 8.77. The summed E-state index contributed by atoms with van der Waals surface area (Å²) < 4.78 is 0. The largest absolute Gasteiger partial charge is 0.357 e. The molecule has 228 valence electrons. The highest BCUT2D eigenvalue weighted by Crippen LogP contribution is 2.38. The predicted molar refractivity (Wildman–Crippen MR) is 158 cm³/mol. The van der Waals surface area contributed by atoms with Gasteiger partial charge in [-0.15, -0.1) is 0 Å². The molecule has 4 amide bonds. The van der Waals surface area contributed by atoms with Gasteiger partial charge in [0.1, 0.15) is 6.04 Å².